The van der Waals surface area contributed by atoms with Gasteiger partial charge in [0.05, 0.1) is 12.6 Å². The van der Waals surface area contributed by atoms with Gasteiger partial charge in [0.1, 0.15) is 11.5 Å². The molecule has 0 fully saturated rings. The first kappa shape index (κ1) is 19.5. The van der Waals surface area contributed by atoms with Crippen molar-refractivity contribution in [3.8, 4) is 11.5 Å². The largest absolute Gasteiger partial charge is 0.508 e. The fourth-order valence-electron chi connectivity index (χ4n) is 3.13. The molecule has 0 aliphatic carbocycles. The van der Waals surface area contributed by atoms with Crippen molar-refractivity contribution in [3.05, 3.63) is 95.6 Å². The molecule has 4 heteroatoms. The Labute approximate surface area is 165 Å². The van der Waals surface area contributed by atoms with Crippen LogP contribution in [0.2, 0.25) is 0 Å². The number of carbonyl (C=O) groups excluding carboxylic acids is 1. The van der Waals surface area contributed by atoms with Crippen LogP contribution in [0.5, 0.6) is 11.5 Å². The average Bonchev–Trinajstić information content (AvgIpc) is 2.73. The van der Waals surface area contributed by atoms with Gasteiger partial charge in [0.25, 0.3) is 0 Å². The zero-order chi connectivity index (χ0) is 19.8. The van der Waals surface area contributed by atoms with E-state index >= 15 is 0 Å². The quantitative estimate of drug-likeness (QED) is 0.603. The van der Waals surface area contributed by atoms with E-state index in [1.165, 1.54) is 0 Å². The minimum Gasteiger partial charge on any atom is -0.508 e. The number of carbonyl (C=O) groups is 1. The zero-order valence-electron chi connectivity index (χ0n) is 16.0. The summed E-state index contributed by atoms with van der Waals surface area (Å²) in [6, 6.07) is 24.6. The molecule has 0 spiro atoms. The van der Waals surface area contributed by atoms with Crippen molar-refractivity contribution in [2.45, 2.75) is 25.8 Å². The van der Waals surface area contributed by atoms with E-state index in [4.69, 9.17) is 4.74 Å². The van der Waals surface area contributed by atoms with Gasteiger partial charge < -0.3 is 15.2 Å². The maximum absolute atomic E-state index is 12.6. The van der Waals surface area contributed by atoms with Crippen molar-refractivity contribution in [2.24, 2.45) is 0 Å². The highest BCUT2D eigenvalue weighted by atomic mass is 16.5. The predicted molar refractivity (Wildman–Crippen MR) is 110 cm³/mol. The van der Waals surface area contributed by atoms with Gasteiger partial charge in [-0.3, -0.25) is 4.79 Å². The summed E-state index contributed by atoms with van der Waals surface area (Å²) in [5.41, 5.74) is 2.78. The smallest absolute Gasteiger partial charge is 0.221 e. The monoisotopic (exact) mass is 375 g/mol. The highest BCUT2D eigenvalue weighted by molar-refractivity contribution is 5.77. The van der Waals surface area contributed by atoms with Crippen LogP contribution < -0.4 is 10.1 Å². The summed E-state index contributed by atoms with van der Waals surface area (Å²) in [4.78, 5) is 12.6. The zero-order valence-corrected chi connectivity index (χ0v) is 16.0. The van der Waals surface area contributed by atoms with Crippen LogP contribution in [0, 0.1) is 0 Å². The molecule has 1 unspecified atom stereocenters. The van der Waals surface area contributed by atoms with Crippen LogP contribution in [-0.4, -0.2) is 17.6 Å². The van der Waals surface area contributed by atoms with Gasteiger partial charge in [0, 0.05) is 6.42 Å². The van der Waals surface area contributed by atoms with Gasteiger partial charge in [-0.1, -0.05) is 60.7 Å². The molecule has 144 valence electrons. The fourth-order valence-corrected chi connectivity index (χ4v) is 3.13. The van der Waals surface area contributed by atoms with Crippen LogP contribution in [0.4, 0.5) is 0 Å². The predicted octanol–water partition coefficient (Wildman–Crippen LogP) is 4.63. The van der Waals surface area contributed by atoms with E-state index in [1.54, 1.807) is 12.1 Å². The molecule has 1 atom stereocenters. The summed E-state index contributed by atoms with van der Waals surface area (Å²) in [6.45, 7) is 2.57. The molecule has 28 heavy (non-hydrogen) atoms. The number of amides is 1. The molecule has 2 N–H and O–H groups in total. The van der Waals surface area contributed by atoms with Crippen molar-refractivity contribution < 1.29 is 14.6 Å². The highest BCUT2D eigenvalue weighted by Crippen LogP contribution is 2.25. The summed E-state index contributed by atoms with van der Waals surface area (Å²) in [6.07, 6.45) is 0.793. The van der Waals surface area contributed by atoms with Gasteiger partial charge in [-0.25, -0.2) is 0 Å². The maximum atomic E-state index is 12.6. The summed E-state index contributed by atoms with van der Waals surface area (Å²) in [5.74, 6) is 0.969. The number of hydrogen-bond donors (Lipinski definition) is 2. The third-order valence-electron chi connectivity index (χ3n) is 4.58. The lowest BCUT2D eigenvalue weighted by Crippen LogP contribution is -2.29. The Morgan fingerprint density at radius 1 is 0.929 bits per heavy atom. The van der Waals surface area contributed by atoms with Crippen molar-refractivity contribution in [3.63, 3.8) is 0 Å². The van der Waals surface area contributed by atoms with Gasteiger partial charge in [-0.15, -0.1) is 0 Å². The Morgan fingerprint density at radius 3 is 2.25 bits per heavy atom. The first-order chi connectivity index (χ1) is 13.7. The SMILES string of the molecule is CCOc1ccc(C(NC(=O)CCc2ccccc2O)c2ccccc2)cc1. The van der Waals surface area contributed by atoms with E-state index in [-0.39, 0.29) is 17.7 Å². The number of para-hydroxylation sites is 1. The molecule has 4 nitrogen and oxygen atoms in total. The summed E-state index contributed by atoms with van der Waals surface area (Å²) < 4.78 is 5.52. The molecule has 3 rings (SSSR count). The number of aromatic hydroxyl groups is 1. The summed E-state index contributed by atoms with van der Waals surface area (Å²) in [7, 11) is 0. The fraction of sp³-hybridized carbons (Fsp3) is 0.208. The molecule has 0 saturated heterocycles. The minimum absolute atomic E-state index is 0.0639. The van der Waals surface area contributed by atoms with Crippen molar-refractivity contribution in [2.75, 3.05) is 6.61 Å². The van der Waals surface area contributed by atoms with Crippen LogP contribution in [0.1, 0.15) is 36.1 Å². The molecular formula is C24H25NO3. The lowest BCUT2D eigenvalue weighted by molar-refractivity contribution is -0.121. The highest BCUT2D eigenvalue weighted by Gasteiger charge is 2.17. The second-order valence-corrected chi connectivity index (χ2v) is 6.54. The Bertz CT molecular complexity index is 891. The molecule has 3 aromatic rings. The van der Waals surface area contributed by atoms with Crippen LogP contribution in [0.25, 0.3) is 0 Å². The van der Waals surface area contributed by atoms with E-state index < -0.39 is 0 Å². The standard InChI is InChI=1S/C24H25NO3/c1-2-28-21-15-12-20(13-16-21)24(19-9-4-3-5-10-19)25-23(27)17-14-18-8-6-7-11-22(18)26/h3-13,15-16,24,26H,2,14,17H2,1H3,(H,25,27). The van der Waals surface area contributed by atoms with E-state index in [2.05, 4.69) is 5.32 Å². The number of ether oxygens (including phenoxy) is 1. The van der Waals surface area contributed by atoms with Gasteiger partial charge in [0.15, 0.2) is 0 Å². The number of phenols is 1. The van der Waals surface area contributed by atoms with E-state index in [0.29, 0.717) is 19.4 Å². The Morgan fingerprint density at radius 2 is 1.57 bits per heavy atom. The Kier molecular flexibility index (Phi) is 6.68. The van der Waals surface area contributed by atoms with Crippen LogP contribution >= 0.6 is 0 Å². The van der Waals surface area contributed by atoms with Crippen molar-refractivity contribution in [1.29, 1.82) is 0 Å². The van der Waals surface area contributed by atoms with Crippen LogP contribution in [0.3, 0.4) is 0 Å². The molecule has 0 radical (unpaired) electrons. The second kappa shape index (κ2) is 9.60. The summed E-state index contributed by atoms with van der Waals surface area (Å²) in [5, 5.41) is 13.0. The van der Waals surface area contributed by atoms with Crippen LogP contribution in [0.15, 0.2) is 78.9 Å². The third kappa shape index (κ3) is 5.13. The van der Waals surface area contributed by atoms with Gasteiger partial charge in [0.2, 0.25) is 5.91 Å². The van der Waals surface area contributed by atoms with Crippen molar-refractivity contribution >= 4 is 5.91 Å². The molecule has 0 aliphatic heterocycles. The molecule has 3 aromatic carbocycles. The van der Waals surface area contributed by atoms with E-state index in [9.17, 15) is 9.90 Å². The number of nitrogens with one attached hydrogen (secondary N) is 1. The average molecular weight is 375 g/mol. The topological polar surface area (TPSA) is 58.6 Å². The number of hydrogen-bond acceptors (Lipinski definition) is 3. The second-order valence-electron chi connectivity index (χ2n) is 6.54. The lowest BCUT2D eigenvalue weighted by Gasteiger charge is -2.20. The van der Waals surface area contributed by atoms with Gasteiger partial charge >= 0.3 is 0 Å². The van der Waals surface area contributed by atoms with Crippen LogP contribution in [-0.2, 0) is 11.2 Å². The molecular weight excluding hydrogens is 350 g/mol. The molecule has 1 amide bonds. The minimum atomic E-state index is -0.242. The molecule has 0 heterocycles. The molecule has 0 aromatic heterocycles. The normalized spacial score (nSPS) is 11.6. The van der Waals surface area contributed by atoms with E-state index in [0.717, 1.165) is 22.4 Å². The molecule has 0 aliphatic rings. The Hall–Kier alpha value is -3.27. The molecule has 0 bridgehead atoms. The lowest BCUT2D eigenvalue weighted by atomic mass is 9.98. The van der Waals surface area contributed by atoms with Gasteiger partial charge in [-0.05, 0) is 48.2 Å². The number of benzene rings is 3. The number of phenolic OH excluding ortho intramolecular Hbond substituents is 1. The Balaban J connectivity index is 1.74. The van der Waals surface area contributed by atoms with Gasteiger partial charge in [-0.2, -0.15) is 0 Å². The maximum Gasteiger partial charge on any atom is 0.221 e. The third-order valence-corrected chi connectivity index (χ3v) is 4.58. The molecule has 0 saturated carbocycles. The number of rotatable bonds is 8. The summed E-state index contributed by atoms with van der Waals surface area (Å²) >= 11 is 0. The van der Waals surface area contributed by atoms with Crippen molar-refractivity contribution in [1.82, 2.24) is 5.32 Å². The van der Waals surface area contributed by atoms with E-state index in [1.807, 2.05) is 73.7 Å². The first-order valence-corrected chi connectivity index (χ1v) is 9.51. The number of aryl methyl sites for hydroxylation is 1. The first-order valence-electron chi connectivity index (χ1n) is 9.51.